The first-order chi connectivity index (χ1) is 16.1. The Morgan fingerprint density at radius 1 is 1.03 bits per heavy atom. The third-order valence-electron chi connectivity index (χ3n) is 4.79. The number of carbonyl (C=O) groups excluding carboxylic acids is 3. The highest BCUT2D eigenvalue weighted by Crippen LogP contribution is 2.20. The number of nitrogens with one attached hydrogen (secondary N) is 3. The molecule has 0 saturated heterocycles. The zero-order chi connectivity index (χ0) is 24.7. The van der Waals surface area contributed by atoms with E-state index in [4.69, 9.17) is 0 Å². The lowest BCUT2D eigenvalue weighted by Gasteiger charge is -2.17. The Hall–Kier alpha value is -3.79. The lowest BCUT2D eigenvalue weighted by molar-refractivity contribution is -0.123. The number of anilines is 1. The summed E-state index contributed by atoms with van der Waals surface area (Å²) in [6, 6.07) is 11.7. The normalized spacial score (nSPS) is 11.0. The van der Waals surface area contributed by atoms with Crippen LogP contribution >= 0.6 is 11.3 Å². The average Bonchev–Trinajstić information content (AvgIpc) is 3.33. The van der Waals surface area contributed by atoms with Gasteiger partial charge in [-0.15, -0.1) is 11.3 Å². The first-order valence-electron chi connectivity index (χ1n) is 10.7. The molecule has 2 aromatic heterocycles. The van der Waals surface area contributed by atoms with Crippen LogP contribution in [0.5, 0.6) is 0 Å². The van der Waals surface area contributed by atoms with Gasteiger partial charge in [0.1, 0.15) is 6.54 Å². The zero-order valence-electron chi connectivity index (χ0n) is 19.3. The minimum Gasteiger partial charge on any atom is -0.353 e. The van der Waals surface area contributed by atoms with E-state index in [9.17, 15) is 19.2 Å². The SMILES string of the molecule is CC(C)(C)C(=O)Nc1ccc(C(=O)NCCNC(=O)Cn2cnc(-c3cccs3)cc2=O)cc1. The first-order valence-corrected chi connectivity index (χ1v) is 11.6. The van der Waals surface area contributed by atoms with E-state index in [1.54, 1.807) is 24.3 Å². The molecule has 34 heavy (non-hydrogen) atoms. The van der Waals surface area contributed by atoms with Crippen LogP contribution in [0.3, 0.4) is 0 Å². The van der Waals surface area contributed by atoms with Crippen LogP contribution < -0.4 is 21.5 Å². The van der Waals surface area contributed by atoms with Gasteiger partial charge >= 0.3 is 0 Å². The molecule has 0 unspecified atom stereocenters. The van der Waals surface area contributed by atoms with Crippen molar-refractivity contribution in [1.29, 1.82) is 0 Å². The minimum absolute atomic E-state index is 0.114. The van der Waals surface area contributed by atoms with Gasteiger partial charge in [0.2, 0.25) is 11.8 Å². The number of rotatable bonds is 8. The molecule has 3 rings (SSSR count). The van der Waals surface area contributed by atoms with Crippen molar-refractivity contribution in [3.8, 4) is 10.6 Å². The lowest BCUT2D eigenvalue weighted by atomic mass is 9.95. The molecule has 178 valence electrons. The molecule has 2 heterocycles. The summed E-state index contributed by atoms with van der Waals surface area (Å²) in [4.78, 5) is 53.8. The maximum atomic E-state index is 12.3. The molecule has 1 aromatic carbocycles. The summed E-state index contributed by atoms with van der Waals surface area (Å²) in [5.41, 5.74) is 0.784. The summed E-state index contributed by atoms with van der Waals surface area (Å²) >= 11 is 1.48. The van der Waals surface area contributed by atoms with E-state index in [0.29, 0.717) is 16.9 Å². The van der Waals surface area contributed by atoms with E-state index in [-0.39, 0.29) is 42.9 Å². The van der Waals surface area contributed by atoms with E-state index < -0.39 is 5.41 Å². The summed E-state index contributed by atoms with van der Waals surface area (Å²) in [6.45, 7) is 5.73. The van der Waals surface area contributed by atoms with Crippen molar-refractivity contribution in [2.45, 2.75) is 27.3 Å². The molecule has 0 aliphatic rings. The Morgan fingerprint density at radius 2 is 1.74 bits per heavy atom. The van der Waals surface area contributed by atoms with E-state index in [1.807, 2.05) is 38.3 Å². The number of amides is 3. The summed E-state index contributed by atoms with van der Waals surface area (Å²) in [5.74, 6) is -0.773. The lowest BCUT2D eigenvalue weighted by Crippen LogP contribution is -2.37. The summed E-state index contributed by atoms with van der Waals surface area (Å²) in [7, 11) is 0. The molecule has 0 aliphatic heterocycles. The van der Waals surface area contributed by atoms with Crippen LogP contribution in [0.15, 0.2) is 59.0 Å². The summed E-state index contributed by atoms with van der Waals surface area (Å²) in [6.07, 6.45) is 1.35. The Bertz CT molecular complexity index is 1210. The molecule has 0 aliphatic carbocycles. The molecule has 0 saturated carbocycles. The molecule has 0 fully saturated rings. The molecule has 3 aromatic rings. The first kappa shape index (κ1) is 24.8. The van der Waals surface area contributed by atoms with Crippen LogP contribution in [0.4, 0.5) is 5.69 Å². The average molecular weight is 482 g/mol. The summed E-state index contributed by atoms with van der Waals surface area (Å²) < 4.78 is 1.23. The van der Waals surface area contributed by atoms with Crippen LogP contribution in [0.25, 0.3) is 10.6 Å². The van der Waals surface area contributed by atoms with E-state index in [1.165, 1.54) is 28.3 Å². The second-order valence-corrected chi connectivity index (χ2v) is 9.55. The van der Waals surface area contributed by atoms with Gasteiger partial charge in [-0.2, -0.15) is 0 Å². The minimum atomic E-state index is -0.516. The molecular weight excluding hydrogens is 454 g/mol. The Labute approximate surface area is 201 Å². The predicted octanol–water partition coefficient (Wildman–Crippen LogP) is 2.50. The molecule has 3 amide bonds. The third-order valence-corrected chi connectivity index (χ3v) is 5.68. The Balaban J connectivity index is 1.42. The van der Waals surface area contributed by atoms with Crippen LogP contribution in [-0.4, -0.2) is 40.4 Å². The smallest absolute Gasteiger partial charge is 0.254 e. The van der Waals surface area contributed by atoms with Crippen molar-refractivity contribution in [3.05, 3.63) is 70.1 Å². The monoisotopic (exact) mass is 481 g/mol. The number of aromatic nitrogens is 2. The molecule has 0 spiro atoms. The molecule has 0 bridgehead atoms. The van der Waals surface area contributed by atoms with Crippen molar-refractivity contribution in [3.63, 3.8) is 0 Å². The number of hydrogen-bond donors (Lipinski definition) is 3. The van der Waals surface area contributed by atoms with Gasteiger partial charge in [0, 0.05) is 35.8 Å². The number of nitrogens with zero attached hydrogens (tertiary/aromatic N) is 2. The maximum absolute atomic E-state index is 12.3. The fourth-order valence-electron chi connectivity index (χ4n) is 2.82. The fraction of sp³-hybridized carbons (Fsp3) is 0.292. The molecule has 3 N–H and O–H groups in total. The second kappa shape index (κ2) is 10.9. The van der Waals surface area contributed by atoms with Gasteiger partial charge < -0.3 is 16.0 Å². The molecule has 9 nitrogen and oxygen atoms in total. The van der Waals surface area contributed by atoms with Gasteiger partial charge in [-0.3, -0.25) is 23.7 Å². The number of carbonyl (C=O) groups is 3. The van der Waals surface area contributed by atoms with Crippen molar-refractivity contribution >= 4 is 34.7 Å². The Morgan fingerprint density at radius 3 is 2.35 bits per heavy atom. The van der Waals surface area contributed by atoms with Gasteiger partial charge in [0.05, 0.1) is 16.9 Å². The molecule has 0 radical (unpaired) electrons. The highest BCUT2D eigenvalue weighted by Gasteiger charge is 2.21. The molecule has 10 heteroatoms. The van der Waals surface area contributed by atoms with Crippen LogP contribution in [-0.2, 0) is 16.1 Å². The van der Waals surface area contributed by atoms with E-state index in [2.05, 4.69) is 20.9 Å². The van der Waals surface area contributed by atoms with Gasteiger partial charge in [-0.25, -0.2) is 4.98 Å². The third kappa shape index (κ3) is 6.85. The van der Waals surface area contributed by atoms with Crippen LogP contribution in [0.1, 0.15) is 31.1 Å². The van der Waals surface area contributed by atoms with Gasteiger partial charge in [-0.1, -0.05) is 26.8 Å². The fourth-order valence-corrected chi connectivity index (χ4v) is 3.51. The van der Waals surface area contributed by atoms with Gasteiger partial charge in [0.25, 0.3) is 11.5 Å². The van der Waals surface area contributed by atoms with Crippen molar-refractivity contribution in [1.82, 2.24) is 20.2 Å². The van der Waals surface area contributed by atoms with Crippen molar-refractivity contribution < 1.29 is 14.4 Å². The summed E-state index contributed by atoms with van der Waals surface area (Å²) in [5, 5.41) is 10.1. The topological polar surface area (TPSA) is 122 Å². The van der Waals surface area contributed by atoms with Crippen LogP contribution in [0.2, 0.25) is 0 Å². The predicted molar refractivity (Wildman–Crippen MR) is 132 cm³/mol. The van der Waals surface area contributed by atoms with Gasteiger partial charge in [-0.05, 0) is 35.7 Å². The molecular formula is C24H27N5O4S. The molecule has 0 atom stereocenters. The van der Waals surface area contributed by atoms with Crippen molar-refractivity contribution in [2.24, 2.45) is 5.41 Å². The standard InChI is InChI=1S/C24H27N5O4S/c1-24(2,3)23(33)28-17-8-6-16(7-9-17)22(32)26-11-10-25-20(30)14-29-15-27-18(13-21(29)31)19-5-4-12-34-19/h4-9,12-13,15H,10-11,14H2,1-3H3,(H,25,30)(H,26,32)(H,28,33). The Kier molecular flexibility index (Phi) is 7.95. The highest BCUT2D eigenvalue weighted by molar-refractivity contribution is 7.13. The van der Waals surface area contributed by atoms with E-state index in [0.717, 1.165) is 4.88 Å². The largest absolute Gasteiger partial charge is 0.353 e. The van der Waals surface area contributed by atoms with Crippen molar-refractivity contribution in [2.75, 3.05) is 18.4 Å². The second-order valence-electron chi connectivity index (χ2n) is 8.60. The number of hydrogen-bond acceptors (Lipinski definition) is 6. The maximum Gasteiger partial charge on any atom is 0.254 e. The van der Waals surface area contributed by atoms with Crippen LogP contribution in [0, 0.1) is 5.41 Å². The van der Waals surface area contributed by atoms with E-state index >= 15 is 0 Å². The number of benzene rings is 1. The zero-order valence-corrected chi connectivity index (χ0v) is 20.1. The highest BCUT2D eigenvalue weighted by atomic mass is 32.1. The quantitative estimate of drug-likeness (QED) is 0.427. The van der Waals surface area contributed by atoms with Gasteiger partial charge in [0.15, 0.2) is 0 Å². The number of thiophene rings is 1.